The molecule has 6 rings (SSSR count). The Bertz CT molecular complexity index is 1650. The molecule has 1 aromatic heterocycles. The van der Waals surface area contributed by atoms with E-state index in [0.29, 0.717) is 11.6 Å². The third kappa shape index (κ3) is 8.14. The van der Waals surface area contributed by atoms with Gasteiger partial charge in [-0.1, -0.05) is 123 Å². The first kappa shape index (κ1) is 30.8. The molecule has 3 atom stereocenters. The van der Waals surface area contributed by atoms with E-state index in [2.05, 4.69) is 45.2 Å². The van der Waals surface area contributed by atoms with Crippen molar-refractivity contribution in [2.24, 2.45) is 5.73 Å². The topological polar surface area (TPSA) is 168 Å². The SMILES string of the molecule is CC1=CC=CC(C2C=c3ccccc3=C(N)[N-]2)[N-]1.CC1=CC=CC(c2cc3ccccc3c(N)n2)[N-]1.O=[N+](O)O.[Cu+2]. The molecule has 0 spiro atoms. The number of nitrogens with zero attached hydrogens (tertiary/aromatic N) is 5. The third-order valence-electron chi connectivity index (χ3n) is 6.29. The molecule has 41 heavy (non-hydrogen) atoms. The van der Waals surface area contributed by atoms with Crippen molar-refractivity contribution in [3.63, 3.8) is 0 Å². The summed E-state index contributed by atoms with van der Waals surface area (Å²) in [6.45, 7) is 3.99. The number of nitrogens with two attached hydrogens (primary N) is 2. The zero-order valence-corrected chi connectivity index (χ0v) is 23.4. The van der Waals surface area contributed by atoms with Crippen LogP contribution in [0.25, 0.3) is 38.6 Å². The number of aromatic nitrogens is 1. The van der Waals surface area contributed by atoms with Crippen LogP contribution in [0.2, 0.25) is 0 Å². The summed E-state index contributed by atoms with van der Waals surface area (Å²) < 4.78 is 0. The summed E-state index contributed by atoms with van der Waals surface area (Å²) >= 11 is 0. The van der Waals surface area contributed by atoms with Crippen molar-refractivity contribution < 1.29 is 32.6 Å². The number of rotatable bonds is 2. The minimum absolute atomic E-state index is 0. The average Bonchev–Trinajstić information content (AvgIpc) is 2.93. The maximum absolute atomic E-state index is 8.47. The number of hydrogen-bond acceptors (Lipinski definition) is 4. The Morgan fingerprint density at radius 2 is 1.49 bits per heavy atom. The molecule has 0 fully saturated rings. The van der Waals surface area contributed by atoms with Crippen LogP contribution in [0.3, 0.4) is 0 Å². The number of pyridine rings is 1. The van der Waals surface area contributed by atoms with Gasteiger partial charge in [-0.2, -0.15) is 11.4 Å². The Labute approximate surface area is 248 Å². The number of nitrogen functional groups attached to an aromatic ring is 1. The summed E-state index contributed by atoms with van der Waals surface area (Å²) in [5.41, 5.74) is 15.0. The van der Waals surface area contributed by atoms with Crippen molar-refractivity contribution in [1.82, 2.24) is 4.98 Å². The summed E-state index contributed by atoms with van der Waals surface area (Å²) in [6.07, 6.45) is 14.3. The molecule has 6 N–H and O–H groups in total. The van der Waals surface area contributed by atoms with E-state index in [1.54, 1.807) is 0 Å². The minimum atomic E-state index is -1.25. The largest absolute Gasteiger partial charge is 2.00 e. The van der Waals surface area contributed by atoms with Gasteiger partial charge in [0.15, 0.2) is 0 Å². The summed E-state index contributed by atoms with van der Waals surface area (Å²) in [4.78, 5) is 12.9. The molecule has 3 aromatic rings. The fraction of sp³-hybridized carbons (Fsp3) is 0.167. The van der Waals surface area contributed by atoms with Gasteiger partial charge in [-0.15, -0.1) is 0 Å². The van der Waals surface area contributed by atoms with Crippen LogP contribution in [-0.2, 0) is 17.1 Å². The third-order valence-corrected chi connectivity index (χ3v) is 6.29. The molecule has 0 bridgehead atoms. The Hall–Kier alpha value is -4.73. The Morgan fingerprint density at radius 3 is 2.20 bits per heavy atom. The van der Waals surface area contributed by atoms with Gasteiger partial charge in [0.25, 0.3) is 0 Å². The van der Waals surface area contributed by atoms with E-state index in [-0.39, 0.29) is 35.2 Å². The predicted molar refractivity (Wildman–Crippen MR) is 157 cm³/mol. The van der Waals surface area contributed by atoms with E-state index in [4.69, 9.17) is 26.8 Å². The van der Waals surface area contributed by atoms with Crippen LogP contribution in [0, 0.1) is 4.91 Å². The fourth-order valence-electron chi connectivity index (χ4n) is 4.49. The van der Waals surface area contributed by atoms with Crippen LogP contribution >= 0.6 is 0 Å². The second kappa shape index (κ2) is 14.1. The Balaban J connectivity index is 0.000000196. The fourth-order valence-corrected chi connectivity index (χ4v) is 4.49. The second-order valence-corrected chi connectivity index (χ2v) is 9.24. The normalized spacial score (nSPS) is 19.9. The predicted octanol–water partition coefficient (Wildman–Crippen LogP) is 4.71. The number of allylic oxidation sites excluding steroid dienone is 6. The molecular weight excluding hydrogens is 570 g/mol. The first-order valence-corrected chi connectivity index (χ1v) is 12.6. The van der Waals surface area contributed by atoms with Crippen LogP contribution in [0.15, 0.2) is 102 Å². The zero-order valence-electron chi connectivity index (χ0n) is 22.5. The van der Waals surface area contributed by atoms with Crippen molar-refractivity contribution in [3.05, 3.63) is 139 Å². The van der Waals surface area contributed by atoms with Gasteiger partial charge in [0.1, 0.15) is 10.7 Å². The molecule has 215 valence electrons. The van der Waals surface area contributed by atoms with Crippen molar-refractivity contribution in [3.8, 4) is 0 Å². The second-order valence-electron chi connectivity index (χ2n) is 9.24. The summed E-state index contributed by atoms with van der Waals surface area (Å²) in [6, 6.07) is 18.2. The minimum Gasteiger partial charge on any atom is -0.682 e. The van der Waals surface area contributed by atoms with Gasteiger partial charge in [0, 0.05) is 11.1 Å². The van der Waals surface area contributed by atoms with E-state index in [0.717, 1.165) is 38.3 Å². The first-order chi connectivity index (χ1) is 19.2. The van der Waals surface area contributed by atoms with Gasteiger partial charge in [-0.05, 0) is 27.9 Å². The maximum Gasteiger partial charge on any atom is 2.00 e. The van der Waals surface area contributed by atoms with Crippen LogP contribution in [0.4, 0.5) is 5.82 Å². The molecular formula is C30H31CuN7O3. The quantitative estimate of drug-likeness (QED) is 0.245. The maximum atomic E-state index is 8.47. The molecule has 0 saturated heterocycles. The smallest absolute Gasteiger partial charge is 0.682 e. The molecule has 0 saturated carbocycles. The van der Waals surface area contributed by atoms with Crippen molar-refractivity contribution in [1.29, 1.82) is 0 Å². The molecule has 11 heteroatoms. The summed E-state index contributed by atoms with van der Waals surface area (Å²) in [7, 11) is 0. The molecule has 2 aromatic carbocycles. The molecule has 3 unspecified atom stereocenters. The summed E-state index contributed by atoms with van der Waals surface area (Å²) in [5, 5.41) is 30.5. The van der Waals surface area contributed by atoms with E-state index < -0.39 is 5.09 Å². The van der Waals surface area contributed by atoms with Crippen LogP contribution in [-0.4, -0.2) is 32.6 Å². The van der Waals surface area contributed by atoms with Crippen molar-refractivity contribution >= 4 is 28.5 Å². The molecule has 0 amide bonds. The number of hydrogen-bond donors (Lipinski definition) is 4. The van der Waals surface area contributed by atoms with E-state index >= 15 is 0 Å². The molecule has 4 heterocycles. The van der Waals surface area contributed by atoms with Gasteiger partial charge in [0.2, 0.25) is 0 Å². The van der Waals surface area contributed by atoms with Crippen molar-refractivity contribution in [2.75, 3.05) is 5.73 Å². The van der Waals surface area contributed by atoms with E-state index in [9.17, 15) is 0 Å². The molecule has 10 nitrogen and oxygen atoms in total. The van der Waals surface area contributed by atoms with Gasteiger partial charge >= 0.3 is 22.2 Å². The van der Waals surface area contributed by atoms with E-state index in [1.165, 1.54) is 0 Å². The molecule has 0 aliphatic carbocycles. The van der Waals surface area contributed by atoms with Crippen LogP contribution < -0.4 is 21.9 Å². The molecule has 3 aliphatic rings. The number of anilines is 1. The molecule has 1 radical (unpaired) electrons. The number of fused-ring (bicyclic) bond motifs is 2. The Kier molecular flexibility index (Phi) is 10.6. The zero-order chi connectivity index (χ0) is 28.6. The standard InChI is InChI=1S/C15H15N3.C15H14N3.Cu.H2NO3/c2*1-10-5-4-8-13(17-10)14-9-11-6-2-3-7-12(11)15(16)18-14;;2-1(3)4/h2-9,13-14H,16H2,1H3;2-9,13H,1H3,(H2,16,18);;(H2,2,3,4)/q-2;-1;+2;+1. The number of benzene rings is 2. The summed E-state index contributed by atoms with van der Waals surface area (Å²) in [5.74, 6) is 1.17. The van der Waals surface area contributed by atoms with Gasteiger partial charge in [-0.25, -0.2) is 15.4 Å². The van der Waals surface area contributed by atoms with Gasteiger partial charge < -0.3 is 27.4 Å². The van der Waals surface area contributed by atoms with Crippen LogP contribution in [0.1, 0.15) is 25.6 Å². The van der Waals surface area contributed by atoms with Gasteiger partial charge in [0.05, 0.1) is 0 Å². The first-order valence-electron chi connectivity index (χ1n) is 12.6. The van der Waals surface area contributed by atoms with Crippen LogP contribution in [0.5, 0.6) is 0 Å². The average molecular weight is 601 g/mol. The Morgan fingerprint density at radius 1 is 0.854 bits per heavy atom. The van der Waals surface area contributed by atoms with Gasteiger partial charge in [-0.3, -0.25) is 0 Å². The van der Waals surface area contributed by atoms with Crippen molar-refractivity contribution in [2.45, 2.75) is 32.0 Å². The monoisotopic (exact) mass is 600 g/mol. The van der Waals surface area contributed by atoms with E-state index in [1.807, 2.05) is 86.7 Å². The molecule has 3 aliphatic heterocycles.